The number of aromatic nitrogens is 2. The van der Waals surface area contributed by atoms with Crippen LogP contribution in [0.5, 0.6) is 0 Å². The molecule has 0 saturated heterocycles. The average Bonchev–Trinajstić information content (AvgIpc) is 2.91. The van der Waals surface area contributed by atoms with Crippen molar-refractivity contribution >= 4 is 22.4 Å². The van der Waals surface area contributed by atoms with Gasteiger partial charge in [-0.25, -0.2) is 0 Å². The van der Waals surface area contributed by atoms with Gasteiger partial charge in [0, 0.05) is 6.04 Å². The van der Waals surface area contributed by atoms with E-state index in [1.54, 1.807) is 5.51 Å². The Hall–Kier alpha value is -1.79. The van der Waals surface area contributed by atoms with Gasteiger partial charge in [0.15, 0.2) is 0 Å². The molecule has 0 aliphatic rings. The lowest BCUT2D eigenvalue weighted by molar-refractivity contribution is -0.117. The number of amides is 1. The van der Waals surface area contributed by atoms with Gasteiger partial charge in [0.05, 0.1) is 6.54 Å². The van der Waals surface area contributed by atoms with Crippen LogP contribution in [0.4, 0.5) is 5.13 Å². The summed E-state index contributed by atoms with van der Waals surface area (Å²) in [5, 5.41) is 10.7. The average molecular weight is 290 g/mol. The summed E-state index contributed by atoms with van der Waals surface area (Å²) < 4.78 is 0. The summed E-state index contributed by atoms with van der Waals surface area (Å²) in [7, 11) is 1.93. The molecule has 0 aliphatic carbocycles. The topological polar surface area (TPSA) is 58.1 Å². The van der Waals surface area contributed by atoms with Crippen LogP contribution in [-0.4, -0.2) is 34.6 Å². The van der Waals surface area contributed by atoms with Gasteiger partial charge in [-0.1, -0.05) is 41.2 Å². The number of rotatable bonds is 5. The molecule has 1 heterocycles. The molecule has 106 valence electrons. The maximum absolute atomic E-state index is 11.9. The Morgan fingerprint density at radius 3 is 2.70 bits per heavy atom. The summed E-state index contributed by atoms with van der Waals surface area (Å²) >= 11 is 1.31. The molecular formula is C14H18N4OS. The molecule has 0 aliphatic heterocycles. The van der Waals surface area contributed by atoms with Crippen molar-refractivity contribution in [1.82, 2.24) is 15.1 Å². The normalized spacial score (nSPS) is 12.4. The van der Waals surface area contributed by atoms with Crippen molar-refractivity contribution in [2.24, 2.45) is 0 Å². The maximum Gasteiger partial charge on any atom is 0.240 e. The number of hydrogen-bond donors (Lipinski definition) is 1. The van der Waals surface area contributed by atoms with Crippen LogP contribution in [0.25, 0.3) is 0 Å². The van der Waals surface area contributed by atoms with Crippen molar-refractivity contribution in [1.29, 1.82) is 0 Å². The third kappa shape index (κ3) is 3.85. The first kappa shape index (κ1) is 14.6. The predicted molar refractivity (Wildman–Crippen MR) is 80.8 cm³/mol. The highest BCUT2D eigenvalue weighted by Gasteiger charge is 2.15. The largest absolute Gasteiger partial charge is 0.299 e. The van der Waals surface area contributed by atoms with Crippen LogP contribution in [0.2, 0.25) is 0 Å². The van der Waals surface area contributed by atoms with E-state index in [1.165, 1.54) is 22.5 Å². The summed E-state index contributed by atoms with van der Waals surface area (Å²) in [5.74, 6) is -0.0804. The lowest BCUT2D eigenvalue weighted by Crippen LogP contribution is -2.32. The highest BCUT2D eigenvalue weighted by atomic mass is 32.1. The number of anilines is 1. The number of carbonyl (C=O) groups excluding carboxylic acids is 1. The molecule has 0 saturated carbocycles. The first-order valence-corrected chi connectivity index (χ1v) is 7.27. The summed E-state index contributed by atoms with van der Waals surface area (Å²) in [4.78, 5) is 13.9. The zero-order valence-corrected chi connectivity index (χ0v) is 12.6. The highest BCUT2D eigenvalue weighted by Crippen LogP contribution is 2.19. The molecule has 1 amide bonds. The molecule has 2 rings (SSSR count). The number of benzene rings is 1. The second-order valence-electron chi connectivity index (χ2n) is 4.79. The third-order valence-electron chi connectivity index (χ3n) is 3.22. The molecule has 1 N–H and O–H groups in total. The van der Waals surface area contributed by atoms with E-state index in [1.807, 2.05) is 11.9 Å². The summed E-state index contributed by atoms with van der Waals surface area (Å²) in [6.07, 6.45) is 0. The zero-order valence-electron chi connectivity index (χ0n) is 11.8. The molecule has 0 radical (unpaired) electrons. The zero-order chi connectivity index (χ0) is 14.5. The second kappa shape index (κ2) is 6.58. The van der Waals surface area contributed by atoms with E-state index in [0.29, 0.717) is 11.7 Å². The minimum Gasteiger partial charge on any atom is -0.299 e. The molecule has 0 unspecified atom stereocenters. The molecule has 2 aromatic rings. The van der Waals surface area contributed by atoms with Crippen LogP contribution < -0.4 is 5.32 Å². The molecule has 1 atom stereocenters. The van der Waals surface area contributed by atoms with Crippen molar-refractivity contribution < 1.29 is 4.79 Å². The van der Waals surface area contributed by atoms with E-state index in [0.717, 1.165) is 0 Å². The Morgan fingerprint density at radius 2 is 2.10 bits per heavy atom. The first-order valence-electron chi connectivity index (χ1n) is 6.39. The number of nitrogens with one attached hydrogen (secondary N) is 1. The monoisotopic (exact) mass is 290 g/mol. The Balaban J connectivity index is 1.91. The standard InChI is InChI=1S/C14H18N4OS/c1-10-4-6-12(7-5-10)11(2)18(3)8-13(19)16-14-17-15-9-20-14/h4-7,9,11H,8H2,1-3H3,(H,16,17,19)/t11-/m1/s1. The molecule has 0 spiro atoms. The third-order valence-corrected chi connectivity index (χ3v) is 3.83. The maximum atomic E-state index is 11.9. The number of likely N-dealkylation sites (N-methyl/N-ethyl adjacent to an activating group) is 1. The number of carbonyl (C=O) groups is 1. The number of hydrogen-bond acceptors (Lipinski definition) is 5. The van der Waals surface area contributed by atoms with Gasteiger partial charge in [-0.15, -0.1) is 10.2 Å². The fourth-order valence-electron chi connectivity index (χ4n) is 1.85. The van der Waals surface area contributed by atoms with Crippen LogP contribution in [0.1, 0.15) is 24.1 Å². The summed E-state index contributed by atoms with van der Waals surface area (Å²) in [5.41, 5.74) is 4.02. The minimum atomic E-state index is -0.0804. The smallest absolute Gasteiger partial charge is 0.240 e. The summed E-state index contributed by atoms with van der Waals surface area (Å²) in [6.45, 7) is 4.46. The van der Waals surface area contributed by atoms with Gasteiger partial charge in [-0.3, -0.25) is 15.0 Å². The van der Waals surface area contributed by atoms with E-state index in [4.69, 9.17) is 0 Å². The molecule has 0 fully saturated rings. The Morgan fingerprint density at radius 1 is 1.40 bits per heavy atom. The van der Waals surface area contributed by atoms with E-state index in [9.17, 15) is 4.79 Å². The Bertz CT molecular complexity index is 553. The van der Waals surface area contributed by atoms with Gasteiger partial charge >= 0.3 is 0 Å². The van der Waals surface area contributed by atoms with Crippen LogP contribution in [0.3, 0.4) is 0 Å². The van der Waals surface area contributed by atoms with Crippen LogP contribution >= 0.6 is 11.3 Å². The van der Waals surface area contributed by atoms with Gasteiger partial charge < -0.3 is 0 Å². The fourth-order valence-corrected chi connectivity index (χ4v) is 2.31. The van der Waals surface area contributed by atoms with Gasteiger partial charge in [-0.2, -0.15) is 0 Å². The number of nitrogens with zero attached hydrogens (tertiary/aromatic N) is 3. The summed E-state index contributed by atoms with van der Waals surface area (Å²) in [6, 6.07) is 8.54. The van der Waals surface area contributed by atoms with Crippen molar-refractivity contribution in [2.75, 3.05) is 18.9 Å². The van der Waals surface area contributed by atoms with E-state index >= 15 is 0 Å². The van der Waals surface area contributed by atoms with Crippen molar-refractivity contribution in [3.05, 3.63) is 40.9 Å². The van der Waals surface area contributed by atoms with Gasteiger partial charge in [0.25, 0.3) is 0 Å². The van der Waals surface area contributed by atoms with Gasteiger partial charge in [-0.05, 0) is 26.5 Å². The predicted octanol–water partition coefficient (Wildman–Crippen LogP) is 2.48. The van der Waals surface area contributed by atoms with Crippen molar-refractivity contribution in [3.63, 3.8) is 0 Å². The quantitative estimate of drug-likeness (QED) is 0.919. The molecule has 0 bridgehead atoms. The first-order chi connectivity index (χ1) is 9.56. The second-order valence-corrected chi connectivity index (χ2v) is 5.63. The van der Waals surface area contributed by atoms with Crippen molar-refractivity contribution in [3.8, 4) is 0 Å². The lowest BCUT2D eigenvalue weighted by Gasteiger charge is -2.24. The molecule has 20 heavy (non-hydrogen) atoms. The van der Waals surface area contributed by atoms with Crippen LogP contribution in [-0.2, 0) is 4.79 Å². The molecule has 1 aromatic heterocycles. The van der Waals surface area contributed by atoms with Crippen LogP contribution in [0.15, 0.2) is 29.8 Å². The van der Waals surface area contributed by atoms with Crippen molar-refractivity contribution in [2.45, 2.75) is 19.9 Å². The lowest BCUT2D eigenvalue weighted by atomic mass is 10.1. The Labute approximate surface area is 122 Å². The fraction of sp³-hybridized carbons (Fsp3) is 0.357. The van der Waals surface area contributed by atoms with Gasteiger partial charge in [0.1, 0.15) is 5.51 Å². The Kier molecular flexibility index (Phi) is 4.81. The molecular weight excluding hydrogens is 272 g/mol. The minimum absolute atomic E-state index is 0.0804. The van der Waals surface area contributed by atoms with Gasteiger partial charge in [0.2, 0.25) is 11.0 Å². The molecule has 6 heteroatoms. The van der Waals surface area contributed by atoms with E-state index in [2.05, 4.69) is 53.6 Å². The molecule has 1 aromatic carbocycles. The highest BCUT2D eigenvalue weighted by molar-refractivity contribution is 7.13. The van der Waals surface area contributed by atoms with E-state index < -0.39 is 0 Å². The number of aryl methyl sites for hydroxylation is 1. The van der Waals surface area contributed by atoms with Crippen LogP contribution in [0, 0.1) is 6.92 Å². The SMILES string of the molecule is Cc1ccc([C@@H](C)N(C)CC(=O)Nc2nncs2)cc1. The van der Waals surface area contributed by atoms with E-state index in [-0.39, 0.29) is 11.9 Å². The molecule has 5 nitrogen and oxygen atoms in total.